The molecular formula is C12H23N3O. The smallest absolute Gasteiger partial charge is 0.239 e. The van der Waals surface area contributed by atoms with E-state index < -0.39 is 0 Å². The van der Waals surface area contributed by atoms with Gasteiger partial charge in [-0.1, -0.05) is 0 Å². The highest BCUT2D eigenvalue weighted by Gasteiger charge is 2.36. The summed E-state index contributed by atoms with van der Waals surface area (Å²) in [4.78, 5) is 16.6. The zero-order valence-corrected chi connectivity index (χ0v) is 10.6. The first-order chi connectivity index (χ1) is 7.50. The third-order valence-corrected chi connectivity index (χ3v) is 3.99. The second-order valence-electron chi connectivity index (χ2n) is 5.64. The molecule has 2 aliphatic heterocycles. The van der Waals surface area contributed by atoms with E-state index in [-0.39, 0.29) is 11.6 Å². The molecule has 1 N–H and O–H groups in total. The van der Waals surface area contributed by atoms with Crippen molar-refractivity contribution < 1.29 is 4.79 Å². The first-order valence-electron chi connectivity index (χ1n) is 6.24. The van der Waals surface area contributed by atoms with Crippen molar-refractivity contribution in [2.24, 2.45) is 0 Å². The Morgan fingerprint density at radius 3 is 2.69 bits per heavy atom. The number of nitrogens with zero attached hydrogens (tertiary/aromatic N) is 2. The zero-order valence-electron chi connectivity index (χ0n) is 10.6. The molecule has 0 aromatic heterocycles. The van der Waals surface area contributed by atoms with Crippen molar-refractivity contribution in [3.05, 3.63) is 0 Å². The highest BCUT2D eigenvalue weighted by Crippen LogP contribution is 2.20. The Morgan fingerprint density at radius 2 is 2.12 bits per heavy atom. The highest BCUT2D eigenvalue weighted by atomic mass is 16.2. The van der Waals surface area contributed by atoms with Gasteiger partial charge in [0, 0.05) is 25.2 Å². The molecule has 1 atom stereocenters. The van der Waals surface area contributed by atoms with Crippen molar-refractivity contribution in [3.8, 4) is 0 Å². The van der Waals surface area contributed by atoms with Gasteiger partial charge in [0.1, 0.15) is 0 Å². The van der Waals surface area contributed by atoms with E-state index in [2.05, 4.69) is 31.1 Å². The van der Waals surface area contributed by atoms with E-state index in [9.17, 15) is 4.79 Å². The fourth-order valence-corrected chi connectivity index (χ4v) is 2.54. The summed E-state index contributed by atoms with van der Waals surface area (Å²) in [5.74, 6) is 0.304. The zero-order chi connectivity index (χ0) is 11.8. The number of piperazine rings is 1. The molecular weight excluding hydrogens is 202 g/mol. The first-order valence-corrected chi connectivity index (χ1v) is 6.24. The second kappa shape index (κ2) is 4.34. The van der Waals surface area contributed by atoms with Crippen molar-refractivity contribution >= 4 is 5.91 Å². The molecule has 4 nitrogen and oxygen atoms in total. The minimum absolute atomic E-state index is 0.0826. The van der Waals surface area contributed by atoms with Gasteiger partial charge in [0.15, 0.2) is 0 Å². The SMILES string of the molecule is CN1CCN(C(=O)[C@@H]2CCCN2)CC1(C)C. The van der Waals surface area contributed by atoms with Crippen LogP contribution >= 0.6 is 0 Å². The van der Waals surface area contributed by atoms with Crippen LogP contribution in [0.5, 0.6) is 0 Å². The van der Waals surface area contributed by atoms with Crippen LogP contribution in [-0.4, -0.2) is 60.5 Å². The summed E-state index contributed by atoms with van der Waals surface area (Å²) in [6.45, 7) is 8.10. The van der Waals surface area contributed by atoms with E-state index >= 15 is 0 Å². The van der Waals surface area contributed by atoms with Gasteiger partial charge in [0.25, 0.3) is 0 Å². The molecule has 0 saturated carbocycles. The summed E-state index contributed by atoms with van der Waals surface area (Å²) in [5, 5.41) is 3.29. The van der Waals surface area contributed by atoms with Crippen molar-refractivity contribution in [1.82, 2.24) is 15.1 Å². The number of carbonyl (C=O) groups is 1. The Labute approximate surface area is 98.0 Å². The molecule has 0 aliphatic carbocycles. The number of carbonyl (C=O) groups excluding carboxylic acids is 1. The van der Waals surface area contributed by atoms with E-state index in [1.165, 1.54) is 0 Å². The fourth-order valence-electron chi connectivity index (χ4n) is 2.54. The summed E-state index contributed by atoms with van der Waals surface area (Å²) in [6.07, 6.45) is 2.14. The Balaban J connectivity index is 1.97. The van der Waals surface area contributed by atoms with Crippen LogP contribution in [0.1, 0.15) is 26.7 Å². The summed E-state index contributed by atoms with van der Waals surface area (Å²) in [6, 6.07) is 0.0826. The van der Waals surface area contributed by atoms with E-state index in [0.29, 0.717) is 5.91 Å². The van der Waals surface area contributed by atoms with Crippen LogP contribution < -0.4 is 5.32 Å². The van der Waals surface area contributed by atoms with Crippen molar-refractivity contribution in [1.29, 1.82) is 0 Å². The Hall–Kier alpha value is -0.610. The van der Waals surface area contributed by atoms with Crippen molar-refractivity contribution in [3.63, 3.8) is 0 Å². The number of hydrogen-bond acceptors (Lipinski definition) is 3. The Morgan fingerprint density at radius 1 is 1.38 bits per heavy atom. The van der Waals surface area contributed by atoms with Gasteiger partial charge in [0.2, 0.25) is 5.91 Å². The Kier molecular flexibility index (Phi) is 3.22. The molecule has 0 radical (unpaired) electrons. The molecule has 0 aromatic carbocycles. The van der Waals surface area contributed by atoms with Gasteiger partial charge in [0.05, 0.1) is 6.04 Å². The van der Waals surface area contributed by atoms with Crippen LogP contribution in [0.2, 0.25) is 0 Å². The van der Waals surface area contributed by atoms with Crippen LogP contribution in [0.25, 0.3) is 0 Å². The number of amides is 1. The summed E-state index contributed by atoms with van der Waals surface area (Å²) < 4.78 is 0. The van der Waals surface area contributed by atoms with Gasteiger partial charge in [-0.3, -0.25) is 9.69 Å². The Bertz CT molecular complexity index is 271. The maximum Gasteiger partial charge on any atom is 0.239 e. The lowest BCUT2D eigenvalue weighted by molar-refractivity contribution is -0.137. The number of rotatable bonds is 1. The maximum absolute atomic E-state index is 12.2. The van der Waals surface area contributed by atoms with Crippen molar-refractivity contribution in [2.75, 3.05) is 33.2 Å². The van der Waals surface area contributed by atoms with Gasteiger partial charge in [-0.15, -0.1) is 0 Å². The summed E-state index contributed by atoms with van der Waals surface area (Å²) >= 11 is 0. The van der Waals surface area contributed by atoms with Crippen LogP contribution in [0.3, 0.4) is 0 Å². The van der Waals surface area contributed by atoms with E-state index in [4.69, 9.17) is 0 Å². The molecule has 2 heterocycles. The lowest BCUT2D eigenvalue weighted by atomic mass is 9.99. The number of nitrogens with one attached hydrogen (secondary N) is 1. The van der Waals surface area contributed by atoms with Gasteiger partial charge in [-0.2, -0.15) is 0 Å². The molecule has 0 bridgehead atoms. The maximum atomic E-state index is 12.2. The second-order valence-corrected chi connectivity index (χ2v) is 5.64. The minimum Gasteiger partial charge on any atom is -0.338 e. The topological polar surface area (TPSA) is 35.6 Å². The van der Waals surface area contributed by atoms with Gasteiger partial charge in [-0.25, -0.2) is 0 Å². The number of likely N-dealkylation sites (N-methyl/N-ethyl adjacent to an activating group) is 1. The molecule has 1 amide bonds. The molecule has 2 rings (SSSR count). The molecule has 2 saturated heterocycles. The molecule has 2 fully saturated rings. The quantitative estimate of drug-likeness (QED) is 0.697. The lowest BCUT2D eigenvalue weighted by Crippen LogP contribution is -2.60. The molecule has 0 aromatic rings. The summed E-state index contributed by atoms with van der Waals surface area (Å²) in [7, 11) is 2.13. The predicted octanol–water partition coefficient (Wildman–Crippen LogP) is 0.291. The van der Waals surface area contributed by atoms with Gasteiger partial charge >= 0.3 is 0 Å². The van der Waals surface area contributed by atoms with Crippen LogP contribution in [0, 0.1) is 0 Å². The lowest BCUT2D eigenvalue weighted by Gasteiger charge is -2.45. The first kappa shape index (κ1) is 11.9. The monoisotopic (exact) mass is 225 g/mol. The van der Waals surface area contributed by atoms with E-state index in [0.717, 1.165) is 39.0 Å². The summed E-state index contributed by atoms with van der Waals surface area (Å²) in [5.41, 5.74) is 0.104. The normalized spacial score (nSPS) is 30.7. The average Bonchev–Trinajstić information content (AvgIpc) is 2.74. The predicted molar refractivity (Wildman–Crippen MR) is 64.3 cm³/mol. The standard InChI is InChI=1S/C12H23N3O/c1-12(2)9-15(8-7-14(12)3)11(16)10-5-4-6-13-10/h10,13H,4-9H2,1-3H3/t10-/m0/s1. The third-order valence-electron chi connectivity index (χ3n) is 3.99. The third kappa shape index (κ3) is 2.23. The van der Waals surface area contributed by atoms with Crippen LogP contribution in [0.15, 0.2) is 0 Å². The van der Waals surface area contributed by atoms with Crippen LogP contribution in [0.4, 0.5) is 0 Å². The molecule has 4 heteroatoms. The highest BCUT2D eigenvalue weighted by molar-refractivity contribution is 5.82. The molecule has 2 aliphatic rings. The molecule has 16 heavy (non-hydrogen) atoms. The van der Waals surface area contributed by atoms with E-state index in [1.807, 2.05) is 4.90 Å². The molecule has 0 unspecified atom stereocenters. The fraction of sp³-hybridized carbons (Fsp3) is 0.917. The molecule has 92 valence electrons. The van der Waals surface area contributed by atoms with Gasteiger partial charge < -0.3 is 10.2 Å². The largest absolute Gasteiger partial charge is 0.338 e. The average molecular weight is 225 g/mol. The van der Waals surface area contributed by atoms with Gasteiger partial charge in [-0.05, 0) is 40.3 Å². The number of hydrogen-bond donors (Lipinski definition) is 1. The molecule has 0 spiro atoms. The minimum atomic E-state index is 0.0826. The van der Waals surface area contributed by atoms with E-state index in [1.54, 1.807) is 0 Å². The van der Waals surface area contributed by atoms with Crippen molar-refractivity contribution in [2.45, 2.75) is 38.3 Å². The van der Waals surface area contributed by atoms with Crippen LogP contribution in [-0.2, 0) is 4.79 Å².